The van der Waals surface area contributed by atoms with Crippen molar-refractivity contribution in [2.75, 3.05) is 13.7 Å². The molecule has 0 aromatic rings. The molecule has 17 heavy (non-hydrogen) atoms. The van der Waals surface area contributed by atoms with Crippen LogP contribution in [0.2, 0.25) is 13.1 Å². The predicted octanol–water partition coefficient (Wildman–Crippen LogP) is 1.61. The fourth-order valence-corrected chi connectivity index (χ4v) is 1.89. The summed E-state index contributed by atoms with van der Waals surface area (Å²) in [6, 6.07) is 0. The zero-order valence-corrected chi connectivity index (χ0v) is 10.8. The number of alkyl carbamates (subject to hydrolysis) is 1. The molecule has 0 aromatic heterocycles. The molecule has 1 N–H and O–H groups in total. The molecule has 0 heterocycles. The SMILES string of the molecule is COC(NC(=O)OCC(F)(F)C(F)F)[SiH](C)C. The molecule has 1 atom stereocenters. The van der Waals surface area contributed by atoms with Gasteiger partial charge in [-0.15, -0.1) is 0 Å². The largest absolute Gasteiger partial charge is 0.443 e. The van der Waals surface area contributed by atoms with Crippen LogP contribution >= 0.6 is 0 Å². The standard InChI is InChI=1S/C8H15F4NO3Si/c1-15-7(17(2)3)13-6(14)16-4-8(11,12)5(9)10/h5,7,17H,4H2,1-3H3,(H,13,14). The topological polar surface area (TPSA) is 47.6 Å². The summed E-state index contributed by atoms with van der Waals surface area (Å²) in [5, 5.41) is 2.18. The first-order valence-electron chi connectivity index (χ1n) is 4.82. The lowest BCUT2D eigenvalue weighted by Gasteiger charge is -2.21. The number of hydrogen-bond donors (Lipinski definition) is 1. The van der Waals surface area contributed by atoms with Crippen molar-refractivity contribution >= 4 is 14.9 Å². The third-order valence-electron chi connectivity index (χ3n) is 1.83. The lowest BCUT2D eigenvalue weighted by atomic mass is 10.4. The molecule has 0 aromatic carbocycles. The third-order valence-corrected chi connectivity index (χ3v) is 3.48. The minimum Gasteiger partial charge on any atom is -0.443 e. The average Bonchev–Trinajstić information content (AvgIpc) is 2.22. The molecule has 0 rings (SSSR count). The maximum absolute atomic E-state index is 12.4. The second-order valence-electron chi connectivity index (χ2n) is 3.68. The van der Waals surface area contributed by atoms with Crippen LogP contribution in [0.1, 0.15) is 0 Å². The molecule has 0 aliphatic heterocycles. The van der Waals surface area contributed by atoms with Crippen molar-refractivity contribution in [3.8, 4) is 0 Å². The molecule has 0 spiro atoms. The van der Waals surface area contributed by atoms with Gasteiger partial charge in [0.1, 0.15) is 5.85 Å². The molecular formula is C8H15F4NO3Si. The van der Waals surface area contributed by atoms with Gasteiger partial charge in [-0.3, -0.25) is 5.32 Å². The van der Waals surface area contributed by atoms with E-state index in [1.165, 1.54) is 7.11 Å². The summed E-state index contributed by atoms with van der Waals surface area (Å²) in [6.45, 7) is 2.04. The van der Waals surface area contributed by atoms with Crippen LogP contribution in [0, 0.1) is 0 Å². The van der Waals surface area contributed by atoms with Crippen LogP contribution in [0.25, 0.3) is 0 Å². The molecule has 0 aliphatic carbocycles. The molecule has 0 saturated carbocycles. The number of methoxy groups -OCH3 is 1. The monoisotopic (exact) mass is 277 g/mol. The first-order valence-corrected chi connectivity index (χ1v) is 7.80. The van der Waals surface area contributed by atoms with Gasteiger partial charge in [0, 0.05) is 7.11 Å². The van der Waals surface area contributed by atoms with Gasteiger partial charge in [0.15, 0.2) is 6.61 Å². The quantitative estimate of drug-likeness (QED) is 0.456. The molecule has 102 valence electrons. The van der Waals surface area contributed by atoms with Gasteiger partial charge in [0.2, 0.25) is 0 Å². The first kappa shape index (κ1) is 16.2. The first-order chi connectivity index (χ1) is 7.70. The van der Waals surface area contributed by atoms with Crippen molar-refractivity contribution in [2.24, 2.45) is 0 Å². The van der Waals surface area contributed by atoms with Crippen molar-refractivity contribution in [2.45, 2.75) is 31.3 Å². The molecule has 0 saturated heterocycles. The Morgan fingerprint density at radius 3 is 2.29 bits per heavy atom. The summed E-state index contributed by atoms with van der Waals surface area (Å²) in [4.78, 5) is 11.0. The van der Waals surface area contributed by atoms with Crippen molar-refractivity contribution in [3.05, 3.63) is 0 Å². The van der Waals surface area contributed by atoms with Gasteiger partial charge in [-0.2, -0.15) is 8.78 Å². The van der Waals surface area contributed by atoms with Gasteiger partial charge < -0.3 is 9.47 Å². The van der Waals surface area contributed by atoms with Gasteiger partial charge >= 0.3 is 18.4 Å². The number of ether oxygens (including phenoxy) is 2. The number of hydrogen-bond acceptors (Lipinski definition) is 3. The van der Waals surface area contributed by atoms with Crippen LogP contribution in [0.3, 0.4) is 0 Å². The van der Waals surface area contributed by atoms with Crippen molar-refractivity contribution in [3.63, 3.8) is 0 Å². The van der Waals surface area contributed by atoms with E-state index in [9.17, 15) is 22.4 Å². The number of halogens is 4. The number of rotatable bonds is 6. The van der Waals surface area contributed by atoms with E-state index < -0.39 is 39.7 Å². The van der Waals surface area contributed by atoms with Gasteiger partial charge in [-0.1, -0.05) is 13.1 Å². The number of carbonyl (C=O) groups excluding carboxylic acids is 1. The Hall–Kier alpha value is -0.833. The third kappa shape index (κ3) is 5.87. The van der Waals surface area contributed by atoms with Crippen LogP contribution in [0.4, 0.5) is 22.4 Å². The molecule has 0 fully saturated rings. The highest BCUT2D eigenvalue weighted by molar-refractivity contribution is 6.57. The maximum Gasteiger partial charge on any atom is 0.409 e. The van der Waals surface area contributed by atoms with Crippen LogP contribution in [0.5, 0.6) is 0 Å². The fourth-order valence-electron chi connectivity index (χ4n) is 0.880. The molecule has 0 aliphatic rings. The van der Waals surface area contributed by atoms with Gasteiger partial charge in [0.25, 0.3) is 0 Å². The van der Waals surface area contributed by atoms with Crippen molar-refractivity contribution in [1.29, 1.82) is 0 Å². The van der Waals surface area contributed by atoms with Crippen LogP contribution in [-0.2, 0) is 9.47 Å². The second kappa shape index (κ2) is 6.79. The Balaban J connectivity index is 4.11. The summed E-state index contributed by atoms with van der Waals surface area (Å²) in [5.74, 6) is -4.93. The number of amides is 1. The van der Waals surface area contributed by atoms with Crippen LogP contribution < -0.4 is 5.32 Å². The molecule has 1 amide bonds. The molecular weight excluding hydrogens is 262 g/mol. The van der Waals surface area contributed by atoms with Gasteiger partial charge in [-0.25, -0.2) is 13.6 Å². The number of nitrogens with one attached hydrogen (secondary N) is 1. The molecule has 0 bridgehead atoms. The van der Waals surface area contributed by atoms with Gasteiger partial charge in [-0.05, 0) is 0 Å². The fraction of sp³-hybridized carbons (Fsp3) is 0.875. The summed E-state index contributed by atoms with van der Waals surface area (Å²) < 4.78 is 57.2. The van der Waals surface area contributed by atoms with E-state index in [1.807, 2.05) is 13.1 Å². The molecule has 0 radical (unpaired) electrons. The maximum atomic E-state index is 12.4. The van der Waals surface area contributed by atoms with E-state index in [0.29, 0.717) is 0 Å². The lowest BCUT2D eigenvalue weighted by molar-refractivity contribution is -0.154. The molecule has 9 heteroatoms. The molecule has 4 nitrogen and oxygen atoms in total. The van der Waals surface area contributed by atoms with Crippen LogP contribution in [-0.4, -0.2) is 46.8 Å². The summed E-state index contributed by atoms with van der Waals surface area (Å²) in [7, 11) is -0.0592. The van der Waals surface area contributed by atoms with E-state index in [1.54, 1.807) is 0 Å². The Labute approximate surface area is 97.9 Å². The van der Waals surface area contributed by atoms with Crippen molar-refractivity contribution < 1.29 is 31.8 Å². The lowest BCUT2D eigenvalue weighted by Crippen LogP contribution is -2.46. The highest BCUT2D eigenvalue weighted by Gasteiger charge is 2.42. The Morgan fingerprint density at radius 2 is 1.94 bits per heavy atom. The Morgan fingerprint density at radius 1 is 1.41 bits per heavy atom. The zero-order chi connectivity index (χ0) is 13.6. The highest BCUT2D eigenvalue weighted by atomic mass is 28.3. The van der Waals surface area contributed by atoms with E-state index in [-0.39, 0.29) is 0 Å². The number of carbonyl (C=O) groups is 1. The number of alkyl halides is 4. The molecule has 1 unspecified atom stereocenters. The van der Waals surface area contributed by atoms with Gasteiger partial charge in [0.05, 0.1) is 8.80 Å². The van der Waals surface area contributed by atoms with Crippen LogP contribution in [0.15, 0.2) is 0 Å². The predicted molar refractivity (Wildman–Crippen MR) is 55.1 cm³/mol. The second-order valence-corrected chi connectivity index (χ2v) is 6.78. The minimum atomic E-state index is -4.34. The normalized spacial score (nSPS) is 13.9. The van der Waals surface area contributed by atoms with E-state index >= 15 is 0 Å². The average molecular weight is 277 g/mol. The Bertz CT molecular complexity index is 253. The summed E-state index contributed by atoms with van der Waals surface area (Å²) in [5.41, 5.74) is 0. The van der Waals surface area contributed by atoms with Crippen molar-refractivity contribution in [1.82, 2.24) is 5.32 Å². The van der Waals surface area contributed by atoms with E-state index in [4.69, 9.17) is 4.74 Å². The highest BCUT2D eigenvalue weighted by Crippen LogP contribution is 2.22. The van der Waals surface area contributed by atoms with E-state index in [0.717, 1.165) is 0 Å². The Kier molecular flexibility index (Phi) is 6.46. The zero-order valence-electron chi connectivity index (χ0n) is 9.68. The van der Waals surface area contributed by atoms with E-state index in [2.05, 4.69) is 10.1 Å². The summed E-state index contributed by atoms with van der Waals surface area (Å²) >= 11 is 0. The summed E-state index contributed by atoms with van der Waals surface area (Å²) in [6.07, 6.45) is -5.06. The smallest absolute Gasteiger partial charge is 0.409 e. The minimum absolute atomic E-state index is 0.595.